The molecule has 0 saturated heterocycles. The summed E-state index contributed by atoms with van der Waals surface area (Å²) < 4.78 is 11.4. The van der Waals surface area contributed by atoms with E-state index in [2.05, 4.69) is 0 Å². The summed E-state index contributed by atoms with van der Waals surface area (Å²) in [6.07, 6.45) is 2.39. The van der Waals surface area contributed by atoms with Crippen molar-refractivity contribution < 1.29 is 24.2 Å². The molecule has 0 fully saturated rings. The molecular formula is C28H38O5. The number of carbonyl (C=O) groups is 2. The van der Waals surface area contributed by atoms with Gasteiger partial charge in [0.1, 0.15) is 18.0 Å². The molecule has 33 heavy (non-hydrogen) atoms. The van der Waals surface area contributed by atoms with E-state index in [4.69, 9.17) is 9.47 Å². The highest BCUT2D eigenvalue weighted by Crippen LogP contribution is 2.29. The molecule has 0 aliphatic carbocycles. The Bertz CT molecular complexity index is 865. The van der Waals surface area contributed by atoms with Crippen LogP contribution in [0.3, 0.4) is 0 Å². The largest absolute Gasteiger partial charge is 0.489 e. The lowest BCUT2D eigenvalue weighted by atomic mass is 9.82. The molecule has 5 nitrogen and oxygen atoms in total. The molecular weight excluding hydrogens is 416 g/mol. The third kappa shape index (κ3) is 9.68. The lowest BCUT2D eigenvalue weighted by molar-refractivity contribution is -0.167. The number of benzene rings is 2. The van der Waals surface area contributed by atoms with Crippen LogP contribution in [0.15, 0.2) is 54.6 Å². The normalized spacial score (nSPS) is 13.4. The first kappa shape index (κ1) is 26.4. The Morgan fingerprint density at radius 2 is 1.55 bits per heavy atom. The molecule has 2 atom stereocenters. The van der Waals surface area contributed by atoms with Crippen LogP contribution in [0.4, 0.5) is 0 Å². The highest BCUT2D eigenvalue weighted by Gasteiger charge is 2.36. The molecule has 0 bridgehead atoms. The summed E-state index contributed by atoms with van der Waals surface area (Å²) >= 11 is 0. The second-order valence-corrected chi connectivity index (χ2v) is 10.0. The summed E-state index contributed by atoms with van der Waals surface area (Å²) in [7, 11) is 0. The van der Waals surface area contributed by atoms with Gasteiger partial charge in [0.2, 0.25) is 0 Å². The van der Waals surface area contributed by atoms with Crippen LogP contribution in [-0.4, -0.2) is 22.6 Å². The van der Waals surface area contributed by atoms with Crippen molar-refractivity contribution in [2.75, 3.05) is 0 Å². The number of carboxylic acid groups (broad SMARTS) is 1. The van der Waals surface area contributed by atoms with Crippen LogP contribution in [-0.2, 0) is 27.4 Å². The van der Waals surface area contributed by atoms with Crippen molar-refractivity contribution in [1.82, 2.24) is 0 Å². The van der Waals surface area contributed by atoms with Crippen molar-refractivity contribution in [1.29, 1.82) is 0 Å². The summed E-state index contributed by atoms with van der Waals surface area (Å²) in [5.41, 5.74) is 1.59. The number of rotatable bonds is 12. The van der Waals surface area contributed by atoms with Crippen molar-refractivity contribution in [3.8, 4) is 5.75 Å². The Labute approximate surface area is 198 Å². The number of hydrogen-bond donors (Lipinski definition) is 1. The number of aliphatic carboxylic acids is 1. The first-order chi connectivity index (χ1) is 15.5. The predicted octanol–water partition coefficient (Wildman–Crippen LogP) is 6.29. The smallest absolute Gasteiger partial charge is 0.310 e. The topological polar surface area (TPSA) is 72.8 Å². The van der Waals surface area contributed by atoms with E-state index in [1.165, 1.54) is 0 Å². The van der Waals surface area contributed by atoms with Crippen LogP contribution in [0.25, 0.3) is 0 Å². The van der Waals surface area contributed by atoms with Gasteiger partial charge in [-0.3, -0.25) is 9.59 Å². The Kier molecular flexibility index (Phi) is 9.95. The first-order valence-corrected chi connectivity index (χ1v) is 11.8. The molecule has 0 radical (unpaired) electrons. The molecule has 0 aliphatic heterocycles. The molecule has 1 N–H and O–H groups in total. The van der Waals surface area contributed by atoms with E-state index >= 15 is 0 Å². The van der Waals surface area contributed by atoms with Gasteiger partial charge in [0.25, 0.3) is 0 Å². The Morgan fingerprint density at radius 1 is 0.909 bits per heavy atom. The second-order valence-electron chi connectivity index (χ2n) is 10.0. The van der Waals surface area contributed by atoms with Crippen molar-refractivity contribution in [3.05, 3.63) is 65.7 Å². The zero-order valence-electron chi connectivity index (χ0n) is 20.5. The summed E-state index contributed by atoms with van der Waals surface area (Å²) in [6, 6.07) is 17.9. The predicted molar refractivity (Wildman–Crippen MR) is 130 cm³/mol. The number of hydrogen-bond acceptors (Lipinski definition) is 4. The highest BCUT2D eigenvalue weighted by atomic mass is 16.6. The quantitative estimate of drug-likeness (QED) is 0.381. The molecule has 0 aliphatic rings. The average molecular weight is 455 g/mol. The number of aryl methyl sites for hydroxylation is 1. The van der Waals surface area contributed by atoms with Gasteiger partial charge in [0.15, 0.2) is 0 Å². The molecule has 2 rings (SSSR count). The molecule has 0 saturated carbocycles. The monoisotopic (exact) mass is 454 g/mol. The van der Waals surface area contributed by atoms with Gasteiger partial charge in [-0.25, -0.2) is 0 Å². The lowest BCUT2D eigenvalue weighted by Crippen LogP contribution is -2.36. The Hall–Kier alpha value is -2.82. The lowest BCUT2D eigenvalue weighted by Gasteiger charge is -2.28. The molecule has 180 valence electrons. The zero-order valence-corrected chi connectivity index (χ0v) is 20.5. The van der Waals surface area contributed by atoms with Crippen molar-refractivity contribution in [3.63, 3.8) is 0 Å². The molecule has 2 aromatic rings. The van der Waals surface area contributed by atoms with Crippen LogP contribution >= 0.6 is 0 Å². The maximum Gasteiger partial charge on any atom is 0.310 e. The van der Waals surface area contributed by atoms with Crippen LogP contribution < -0.4 is 4.74 Å². The minimum atomic E-state index is -0.931. The van der Waals surface area contributed by atoms with Crippen molar-refractivity contribution in [2.45, 2.75) is 72.5 Å². The van der Waals surface area contributed by atoms with E-state index in [-0.39, 0.29) is 5.92 Å². The fourth-order valence-corrected chi connectivity index (χ4v) is 3.83. The van der Waals surface area contributed by atoms with E-state index in [9.17, 15) is 14.7 Å². The van der Waals surface area contributed by atoms with Gasteiger partial charge in [0.05, 0.1) is 11.8 Å². The summed E-state index contributed by atoms with van der Waals surface area (Å²) in [6.45, 7) is 9.89. The SMILES string of the molecule is CC(C)C[C@@H](C(=O)O)[C@H](CCCc1ccc(OCc2ccccc2)cc1)C(=O)OC(C)(C)C. The van der Waals surface area contributed by atoms with E-state index < -0.39 is 29.4 Å². The maximum absolute atomic E-state index is 12.9. The van der Waals surface area contributed by atoms with Gasteiger partial charge in [0, 0.05) is 0 Å². The zero-order chi connectivity index (χ0) is 24.4. The van der Waals surface area contributed by atoms with E-state index in [1.54, 1.807) is 0 Å². The fraction of sp³-hybridized carbons (Fsp3) is 0.500. The van der Waals surface area contributed by atoms with E-state index in [0.717, 1.165) is 23.3 Å². The van der Waals surface area contributed by atoms with E-state index in [0.29, 0.717) is 25.9 Å². The van der Waals surface area contributed by atoms with Gasteiger partial charge < -0.3 is 14.6 Å². The fourth-order valence-electron chi connectivity index (χ4n) is 3.83. The van der Waals surface area contributed by atoms with Gasteiger partial charge in [-0.15, -0.1) is 0 Å². The van der Waals surface area contributed by atoms with Crippen LogP contribution in [0, 0.1) is 17.8 Å². The second kappa shape index (κ2) is 12.4. The molecule has 0 amide bonds. The number of carboxylic acids is 1. The minimum absolute atomic E-state index is 0.180. The standard InChI is InChI=1S/C28H38O5/c1-20(2)18-25(26(29)30)24(27(31)33-28(3,4)5)13-9-12-21-14-16-23(17-15-21)32-19-22-10-7-6-8-11-22/h6-8,10-11,14-17,20,24-25H,9,12-13,18-19H2,1-5H3,(H,29,30)/t24-,25+/m0/s1. The van der Waals surface area contributed by atoms with Crippen LogP contribution in [0.2, 0.25) is 0 Å². The van der Waals surface area contributed by atoms with Crippen molar-refractivity contribution in [2.24, 2.45) is 17.8 Å². The molecule has 0 heterocycles. The number of ether oxygens (including phenoxy) is 2. The first-order valence-electron chi connectivity index (χ1n) is 11.8. The van der Waals surface area contributed by atoms with Crippen LogP contribution in [0.5, 0.6) is 5.75 Å². The number of carbonyl (C=O) groups excluding carboxylic acids is 1. The molecule has 0 aromatic heterocycles. The number of esters is 1. The average Bonchev–Trinajstić information content (AvgIpc) is 2.74. The third-order valence-corrected chi connectivity index (χ3v) is 5.39. The molecule has 2 aromatic carbocycles. The van der Waals surface area contributed by atoms with Gasteiger partial charge in [-0.2, -0.15) is 0 Å². The van der Waals surface area contributed by atoms with Crippen LogP contribution in [0.1, 0.15) is 65.0 Å². The third-order valence-electron chi connectivity index (χ3n) is 5.39. The Morgan fingerprint density at radius 3 is 2.09 bits per heavy atom. The summed E-state index contributed by atoms with van der Waals surface area (Å²) in [4.78, 5) is 24.8. The van der Waals surface area contributed by atoms with Gasteiger partial charge in [-0.05, 0) is 75.6 Å². The van der Waals surface area contributed by atoms with Gasteiger partial charge in [-0.1, -0.05) is 56.3 Å². The van der Waals surface area contributed by atoms with E-state index in [1.807, 2.05) is 89.2 Å². The maximum atomic E-state index is 12.9. The summed E-state index contributed by atoms with van der Waals surface area (Å²) in [5, 5.41) is 9.80. The van der Waals surface area contributed by atoms with Gasteiger partial charge >= 0.3 is 11.9 Å². The highest BCUT2D eigenvalue weighted by molar-refractivity contribution is 5.81. The molecule has 0 unspecified atom stereocenters. The Balaban J connectivity index is 1.97. The molecule has 5 heteroatoms. The minimum Gasteiger partial charge on any atom is -0.489 e. The molecule has 0 spiro atoms. The summed E-state index contributed by atoms with van der Waals surface area (Å²) in [5.74, 6) is -1.76. The van der Waals surface area contributed by atoms with Crippen molar-refractivity contribution >= 4 is 11.9 Å².